The van der Waals surface area contributed by atoms with E-state index in [2.05, 4.69) is 15.2 Å². The first-order valence-electron chi connectivity index (χ1n) is 13.6. The van der Waals surface area contributed by atoms with Gasteiger partial charge in [-0.1, -0.05) is 36.4 Å². The van der Waals surface area contributed by atoms with Crippen LogP contribution in [-0.2, 0) is 28.9 Å². The van der Waals surface area contributed by atoms with Crippen molar-refractivity contribution in [1.82, 2.24) is 9.88 Å². The number of ether oxygens (including phenoxy) is 1. The van der Waals surface area contributed by atoms with Gasteiger partial charge in [-0.25, -0.2) is 4.79 Å². The van der Waals surface area contributed by atoms with Crippen LogP contribution < -0.4 is 10.6 Å². The van der Waals surface area contributed by atoms with Gasteiger partial charge >= 0.3 is 5.97 Å². The summed E-state index contributed by atoms with van der Waals surface area (Å²) in [7, 11) is 0. The monoisotopic (exact) mass is 575 g/mol. The topological polar surface area (TPSA) is 89.4 Å². The van der Waals surface area contributed by atoms with E-state index in [0.717, 1.165) is 52.6 Å². The van der Waals surface area contributed by atoms with Gasteiger partial charge in [-0.05, 0) is 62.8 Å². The van der Waals surface area contributed by atoms with Crippen molar-refractivity contribution < 1.29 is 19.1 Å². The highest BCUT2D eigenvalue weighted by Crippen LogP contribution is 2.39. The highest BCUT2D eigenvalue weighted by atomic mass is 32.2. The summed E-state index contributed by atoms with van der Waals surface area (Å²) in [5.74, 6) is -0.389. The summed E-state index contributed by atoms with van der Waals surface area (Å²) in [6, 6.07) is 15.6. The molecule has 7 nitrogen and oxygen atoms in total. The van der Waals surface area contributed by atoms with Crippen molar-refractivity contribution in [2.45, 2.75) is 51.0 Å². The molecule has 4 aromatic rings. The summed E-state index contributed by atoms with van der Waals surface area (Å²) >= 11 is 2.97. The van der Waals surface area contributed by atoms with E-state index in [1.165, 1.54) is 28.0 Å². The number of thioether (sulfide) groups is 1. The number of nitrogens with zero attached hydrogens (tertiary/aromatic N) is 1. The molecule has 0 atom stereocenters. The first-order chi connectivity index (χ1) is 19.5. The third kappa shape index (κ3) is 6.10. The van der Waals surface area contributed by atoms with E-state index >= 15 is 0 Å². The van der Waals surface area contributed by atoms with Gasteiger partial charge in [0.15, 0.2) is 0 Å². The van der Waals surface area contributed by atoms with Gasteiger partial charge < -0.3 is 19.9 Å². The number of esters is 1. The number of carbonyl (C=O) groups excluding carboxylic acids is 3. The number of para-hydroxylation sites is 1. The average Bonchev–Trinajstić information content (AvgIpc) is 3.50. The van der Waals surface area contributed by atoms with Crippen LogP contribution in [0, 0.1) is 6.92 Å². The van der Waals surface area contributed by atoms with Gasteiger partial charge in [0.05, 0.1) is 17.9 Å². The zero-order chi connectivity index (χ0) is 28.1. The van der Waals surface area contributed by atoms with Crippen LogP contribution in [0.4, 0.5) is 5.00 Å². The summed E-state index contributed by atoms with van der Waals surface area (Å²) in [4.78, 5) is 40.6. The Kier molecular flexibility index (Phi) is 8.91. The number of amides is 2. The third-order valence-corrected chi connectivity index (χ3v) is 9.29. The normalized spacial score (nSPS) is 12.7. The smallest absolute Gasteiger partial charge is 0.341 e. The fraction of sp³-hybridized carbons (Fsp3) is 0.323. The highest BCUT2D eigenvalue weighted by Gasteiger charge is 2.27. The molecule has 2 N–H and O–H groups in total. The van der Waals surface area contributed by atoms with Crippen LogP contribution in [0.5, 0.6) is 0 Å². The minimum Gasteiger partial charge on any atom is -0.462 e. The molecular formula is C31H33N3O4S2. The molecule has 0 unspecified atom stereocenters. The maximum atomic E-state index is 13.1. The molecule has 0 fully saturated rings. The molecule has 40 heavy (non-hydrogen) atoms. The van der Waals surface area contributed by atoms with Crippen LogP contribution in [0.2, 0.25) is 0 Å². The fourth-order valence-corrected chi connectivity index (χ4v) is 7.29. The molecule has 1 aliphatic carbocycles. The van der Waals surface area contributed by atoms with E-state index in [1.807, 2.05) is 61.7 Å². The van der Waals surface area contributed by atoms with E-state index < -0.39 is 0 Å². The molecule has 2 aromatic heterocycles. The molecule has 2 heterocycles. The van der Waals surface area contributed by atoms with E-state index in [4.69, 9.17) is 4.74 Å². The van der Waals surface area contributed by atoms with Crippen LogP contribution >= 0.6 is 23.1 Å². The number of rotatable bonds is 10. The SMILES string of the molecule is CCOC(=O)c1c(NC(=O)CSc2cn(CCNC(=O)c3ccccc3C)c3ccccc23)sc2c1CCCC2. The predicted molar refractivity (Wildman–Crippen MR) is 162 cm³/mol. The molecule has 0 bridgehead atoms. The van der Waals surface area contributed by atoms with E-state index in [0.29, 0.717) is 35.8 Å². The lowest BCUT2D eigenvalue weighted by Gasteiger charge is -2.12. The summed E-state index contributed by atoms with van der Waals surface area (Å²) in [5, 5.41) is 7.68. The van der Waals surface area contributed by atoms with Gasteiger partial charge in [0.25, 0.3) is 5.91 Å². The van der Waals surface area contributed by atoms with Gasteiger partial charge in [-0.2, -0.15) is 0 Å². The zero-order valence-corrected chi connectivity index (χ0v) is 24.4. The number of hydrogen-bond acceptors (Lipinski definition) is 6. The molecule has 208 valence electrons. The number of thiophene rings is 1. The number of hydrogen-bond donors (Lipinski definition) is 2. The molecule has 2 amide bonds. The Morgan fingerprint density at radius 1 is 1.05 bits per heavy atom. The molecule has 0 radical (unpaired) electrons. The summed E-state index contributed by atoms with van der Waals surface area (Å²) < 4.78 is 7.43. The van der Waals surface area contributed by atoms with Gasteiger partial charge in [-0.3, -0.25) is 9.59 Å². The maximum absolute atomic E-state index is 13.1. The van der Waals surface area contributed by atoms with Crippen molar-refractivity contribution in [2.75, 3.05) is 24.2 Å². The maximum Gasteiger partial charge on any atom is 0.341 e. The lowest BCUT2D eigenvalue weighted by atomic mass is 9.95. The van der Waals surface area contributed by atoms with Crippen LogP contribution in [0.25, 0.3) is 10.9 Å². The Morgan fingerprint density at radius 2 is 1.82 bits per heavy atom. The van der Waals surface area contributed by atoms with E-state index in [1.54, 1.807) is 6.92 Å². The second-order valence-electron chi connectivity index (χ2n) is 9.75. The summed E-state index contributed by atoms with van der Waals surface area (Å²) in [6.45, 7) is 5.11. The average molecular weight is 576 g/mol. The Morgan fingerprint density at radius 3 is 2.65 bits per heavy atom. The van der Waals surface area contributed by atoms with Crippen molar-refractivity contribution in [1.29, 1.82) is 0 Å². The number of carbonyl (C=O) groups is 3. The minimum atomic E-state index is -0.359. The Bertz CT molecular complexity index is 1560. The number of nitrogens with one attached hydrogen (secondary N) is 2. The third-order valence-electron chi connectivity index (χ3n) is 7.04. The van der Waals surface area contributed by atoms with Gasteiger partial charge in [0.2, 0.25) is 5.91 Å². The number of aryl methyl sites for hydroxylation is 2. The molecule has 0 saturated carbocycles. The quantitative estimate of drug-likeness (QED) is 0.173. The standard InChI is InChI=1S/C31H33N3O4S2/c1-3-38-31(37)28-23-13-7-9-15-25(23)40-30(28)33-27(35)19-39-26-18-34(24-14-8-6-12-22(24)26)17-16-32-29(36)21-11-5-4-10-20(21)2/h4-6,8,10-12,14,18H,3,7,9,13,15-17,19H2,1-2H3,(H,32,36)(H,33,35). The molecule has 0 aliphatic heterocycles. The number of benzene rings is 2. The largest absolute Gasteiger partial charge is 0.462 e. The number of aromatic nitrogens is 1. The fourth-order valence-electron chi connectivity index (χ4n) is 5.11. The van der Waals surface area contributed by atoms with Crippen molar-refractivity contribution in [3.8, 4) is 0 Å². The van der Waals surface area contributed by atoms with E-state index in [-0.39, 0.29) is 23.5 Å². The Hall–Kier alpha value is -3.56. The van der Waals surface area contributed by atoms with E-state index in [9.17, 15) is 14.4 Å². The number of anilines is 1. The highest BCUT2D eigenvalue weighted by molar-refractivity contribution is 8.00. The molecule has 0 spiro atoms. The predicted octanol–water partition coefficient (Wildman–Crippen LogP) is 6.23. The van der Waals surface area contributed by atoms with Crippen LogP contribution in [0.15, 0.2) is 59.6 Å². The van der Waals surface area contributed by atoms with Crippen molar-refractivity contribution in [3.63, 3.8) is 0 Å². The second kappa shape index (κ2) is 12.7. The molecule has 5 rings (SSSR count). The molecular weight excluding hydrogens is 542 g/mol. The lowest BCUT2D eigenvalue weighted by Crippen LogP contribution is -2.27. The van der Waals surface area contributed by atoms with Crippen LogP contribution in [-0.4, -0.2) is 41.3 Å². The molecule has 2 aromatic carbocycles. The van der Waals surface area contributed by atoms with Gasteiger partial charge in [0.1, 0.15) is 5.00 Å². The van der Waals surface area contributed by atoms with Gasteiger partial charge in [0, 0.05) is 45.5 Å². The van der Waals surface area contributed by atoms with Crippen molar-refractivity contribution in [2.24, 2.45) is 0 Å². The van der Waals surface area contributed by atoms with Gasteiger partial charge in [-0.15, -0.1) is 23.1 Å². The molecule has 9 heteroatoms. The molecule has 1 aliphatic rings. The Labute approximate surface area is 242 Å². The summed E-state index contributed by atoms with van der Waals surface area (Å²) in [6.07, 6.45) is 5.95. The second-order valence-corrected chi connectivity index (χ2v) is 11.9. The first-order valence-corrected chi connectivity index (χ1v) is 15.4. The van der Waals surface area contributed by atoms with Crippen LogP contribution in [0.3, 0.4) is 0 Å². The van der Waals surface area contributed by atoms with Crippen molar-refractivity contribution >= 4 is 56.8 Å². The first kappa shape index (κ1) is 28.0. The van der Waals surface area contributed by atoms with Crippen molar-refractivity contribution in [3.05, 3.63) is 81.9 Å². The molecule has 0 saturated heterocycles. The zero-order valence-electron chi connectivity index (χ0n) is 22.7. The minimum absolute atomic E-state index is 0.0849. The Balaban J connectivity index is 1.25. The summed E-state index contributed by atoms with van der Waals surface area (Å²) in [5.41, 5.74) is 4.24. The lowest BCUT2D eigenvalue weighted by molar-refractivity contribution is -0.113. The number of fused-ring (bicyclic) bond motifs is 2. The van der Waals surface area contributed by atoms with Crippen LogP contribution in [0.1, 0.15) is 56.5 Å².